The summed E-state index contributed by atoms with van der Waals surface area (Å²) in [4.78, 5) is 2.23. The third-order valence-corrected chi connectivity index (χ3v) is 4.91. The predicted octanol–water partition coefficient (Wildman–Crippen LogP) is 0.233. The van der Waals surface area contributed by atoms with Crippen molar-refractivity contribution < 1.29 is 8.42 Å². The largest absolute Gasteiger partial charge is 0.328 e. The molecular formula is C10H22N2O2S. The van der Waals surface area contributed by atoms with E-state index in [-0.39, 0.29) is 12.1 Å². The highest BCUT2D eigenvalue weighted by Crippen LogP contribution is 2.12. The molecule has 0 amide bonds. The normalized spacial score (nSPS) is 28.9. The Labute approximate surface area is 92.7 Å². The Morgan fingerprint density at radius 2 is 2.20 bits per heavy atom. The molecule has 0 aromatic carbocycles. The van der Waals surface area contributed by atoms with Crippen LogP contribution >= 0.6 is 0 Å². The summed E-state index contributed by atoms with van der Waals surface area (Å²) in [5, 5.41) is 0. The number of hydrogen-bond acceptors (Lipinski definition) is 4. The highest BCUT2D eigenvalue weighted by Gasteiger charge is 2.27. The van der Waals surface area contributed by atoms with Gasteiger partial charge in [0.15, 0.2) is 9.84 Å². The molecular weight excluding hydrogens is 212 g/mol. The number of hydrogen-bond donors (Lipinski definition) is 1. The Morgan fingerprint density at radius 1 is 1.53 bits per heavy atom. The van der Waals surface area contributed by atoms with Crippen LogP contribution in [0.25, 0.3) is 0 Å². The van der Waals surface area contributed by atoms with E-state index < -0.39 is 9.84 Å². The summed E-state index contributed by atoms with van der Waals surface area (Å²) < 4.78 is 22.7. The third-order valence-electron chi connectivity index (χ3n) is 3.12. The molecule has 0 aliphatic carbocycles. The minimum absolute atomic E-state index is 0.146. The topological polar surface area (TPSA) is 63.4 Å². The molecule has 1 heterocycles. The minimum atomic E-state index is -2.78. The second kappa shape index (κ2) is 5.27. The van der Waals surface area contributed by atoms with Crippen molar-refractivity contribution in [2.45, 2.75) is 38.8 Å². The van der Waals surface area contributed by atoms with E-state index in [4.69, 9.17) is 5.73 Å². The van der Waals surface area contributed by atoms with Gasteiger partial charge in [0.2, 0.25) is 0 Å². The summed E-state index contributed by atoms with van der Waals surface area (Å²) in [6.45, 7) is 5.65. The van der Waals surface area contributed by atoms with Gasteiger partial charge in [0, 0.05) is 18.6 Å². The van der Waals surface area contributed by atoms with Gasteiger partial charge in [-0.25, -0.2) is 8.42 Å². The summed E-state index contributed by atoms with van der Waals surface area (Å²) in [5.74, 6) is 0.604. The van der Waals surface area contributed by atoms with E-state index in [1.54, 1.807) is 0 Å². The predicted molar refractivity (Wildman–Crippen MR) is 62.6 cm³/mol. The first kappa shape index (κ1) is 12.9. The molecule has 5 heteroatoms. The van der Waals surface area contributed by atoms with Crippen LogP contribution in [-0.2, 0) is 9.84 Å². The van der Waals surface area contributed by atoms with E-state index in [2.05, 4.69) is 11.8 Å². The molecule has 90 valence electrons. The van der Waals surface area contributed by atoms with Crippen molar-refractivity contribution in [1.29, 1.82) is 0 Å². The van der Waals surface area contributed by atoms with Crippen LogP contribution in [0.4, 0.5) is 0 Å². The van der Waals surface area contributed by atoms with Crippen LogP contribution in [0.3, 0.4) is 0 Å². The molecule has 2 unspecified atom stereocenters. The lowest BCUT2D eigenvalue weighted by Crippen LogP contribution is -2.47. The molecule has 1 rings (SSSR count). The van der Waals surface area contributed by atoms with E-state index in [1.807, 2.05) is 6.92 Å². The van der Waals surface area contributed by atoms with Gasteiger partial charge >= 0.3 is 0 Å². The van der Waals surface area contributed by atoms with Crippen LogP contribution in [0.1, 0.15) is 26.7 Å². The van der Waals surface area contributed by atoms with E-state index in [0.29, 0.717) is 18.1 Å². The van der Waals surface area contributed by atoms with E-state index >= 15 is 0 Å². The third kappa shape index (κ3) is 4.09. The zero-order valence-corrected chi connectivity index (χ0v) is 10.5. The van der Waals surface area contributed by atoms with Crippen molar-refractivity contribution >= 4 is 9.84 Å². The van der Waals surface area contributed by atoms with Gasteiger partial charge in [-0.05, 0) is 26.3 Å². The smallest absolute Gasteiger partial charge is 0.153 e. The molecule has 1 aliphatic rings. The fourth-order valence-corrected chi connectivity index (χ4v) is 3.53. The first-order valence-electron chi connectivity index (χ1n) is 5.64. The van der Waals surface area contributed by atoms with Crippen molar-refractivity contribution in [3.63, 3.8) is 0 Å². The molecule has 1 saturated heterocycles. The maximum Gasteiger partial charge on any atom is 0.153 e. The molecule has 15 heavy (non-hydrogen) atoms. The van der Waals surface area contributed by atoms with Gasteiger partial charge in [-0.15, -0.1) is 0 Å². The Hall–Kier alpha value is -0.130. The van der Waals surface area contributed by atoms with Crippen LogP contribution in [-0.4, -0.2) is 50.0 Å². The molecule has 0 aromatic heterocycles. The molecule has 2 N–H and O–H groups in total. The Balaban J connectivity index is 2.38. The highest BCUT2D eigenvalue weighted by molar-refractivity contribution is 7.91. The van der Waals surface area contributed by atoms with Crippen molar-refractivity contribution in [2.24, 2.45) is 5.73 Å². The summed E-state index contributed by atoms with van der Waals surface area (Å²) in [7, 11) is -2.78. The van der Waals surface area contributed by atoms with Crippen LogP contribution < -0.4 is 5.73 Å². The van der Waals surface area contributed by atoms with Gasteiger partial charge in [-0.2, -0.15) is 0 Å². The zero-order valence-electron chi connectivity index (χ0n) is 9.65. The zero-order chi connectivity index (χ0) is 11.5. The number of sulfone groups is 1. The Morgan fingerprint density at radius 3 is 2.73 bits per heavy atom. The maximum atomic E-state index is 11.3. The molecule has 0 saturated carbocycles. The second-order valence-electron chi connectivity index (χ2n) is 4.46. The summed E-state index contributed by atoms with van der Waals surface area (Å²) in [6, 6.07) is 0.392. The molecule has 0 spiro atoms. The van der Waals surface area contributed by atoms with Gasteiger partial charge < -0.3 is 5.73 Å². The van der Waals surface area contributed by atoms with Crippen LogP contribution in [0.2, 0.25) is 0 Å². The van der Waals surface area contributed by atoms with Crippen LogP contribution in [0.5, 0.6) is 0 Å². The quantitative estimate of drug-likeness (QED) is 0.756. The average Bonchev–Trinajstić information content (AvgIpc) is 2.15. The van der Waals surface area contributed by atoms with Gasteiger partial charge in [0.25, 0.3) is 0 Å². The molecule has 0 aromatic rings. The lowest BCUT2D eigenvalue weighted by atomic mass is 10.1. The first-order chi connectivity index (χ1) is 6.94. The molecule has 0 radical (unpaired) electrons. The van der Waals surface area contributed by atoms with Crippen molar-refractivity contribution in [1.82, 2.24) is 4.90 Å². The van der Waals surface area contributed by atoms with Crippen molar-refractivity contribution in [2.75, 3.05) is 24.6 Å². The van der Waals surface area contributed by atoms with Crippen molar-refractivity contribution in [3.8, 4) is 0 Å². The lowest BCUT2D eigenvalue weighted by Gasteiger charge is -2.33. The SMILES string of the molecule is CCC(N)CCN1CCS(=O)(=O)CC1C. The highest BCUT2D eigenvalue weighted by atomic mass is 32.2. The maximum absolute atomic E-state index is 11.3. The van der Waals surface area contributed by atoms with Gasteiger partial charge in [-0.1, -0.05) is 6.92 Å². The average molecular weight is 234 g/mol. The fraction of sp³-hybridized carbons (Fsp3) is 1.00. The van der Waals surface area contributed by atoms with Gasteiger partial charge in [-0.3, -0.25) is 4.90 Å². The fourth-order valence-electron chi connectivity index (χ4n) is 1.90. The Bertz CT molecular complexity index is 290. The molecule has 0 bridgehead atoms. The standard InChI is InChI=1S/C10H22N2O2S/c1-3-10(11)4-5-12-6-7-15(13,14)8-9(12)2/h9-10H,3-8,11H2,1-2H3. The molecule has 1 fully saturated rings. The van der Waals surface area contributed by atoms with Gasteiger partial charge in [0.1, 0.15) is 0 Å². The monoisotopic (exact) mass is 234 g/mol. The first-order valence-corrected chi connectivity index (χ1v) is 7.47. The molecule has 1 aliphatic heterocycles. The van der Waals surface area contributed by atoms with E-state index in [9.17, 15) is 8.42 Å². The number of rotatable bonds is 4. The second-order valence-corrected chi connectivity index (χ2v) is 6.69. The number of nitrogens with two attached hydrogens (primary N) is 1. The Kier molecular flexibility index (Phi) is 4.55. The van der Waals surface area contributed by atoms with Crippen LogP contribution in [0, 0.1) is 0 Å². The summed E-state index contributed by atoms with van der Waals surface area (Å²) >= 11 is 0. The molecule has 4 nitrogen and oxygen atoms in total. The lowest BCUT2D eigenvalue weighted by molar-refractivity contribution is 0.218. The van der Waals surface area contributed by atoms with Crippen LogP contribution in [0.15, 0.2) is 0 Å². The van der Waals surface area contributed by atoms with E-state index in [0.717, 1.165) is 19.4 Å². The van der Waals surface area contributed by atoms with Crippen molar-refractivity contribution in [3.05, 3.63) is 0 Å². The van der Waals surface area contributed by atoms with Gasteiger partial charge in [0.05, 0.1) is 11.5 Å². The summed E-state index contributed by atoms with van der Waals surface area (Å²) in [5.41, 5.74) is 5.84. The number of nitrogens with zero attached hydrogens (tertiary/aromatic N) is 1. The summed E-state index contributed by atoms with van der Waals surface area (Å²) in [6.07, 6.45) is 1.95. The molecule has 2 atom stereocenters. The minimum Gasteiger partial charge on any atom is -0.328 e. The van der Waals surface area contributed by atoms with E-state index in [1.165, 1.54) is 0 Å².